The van der Waals surface area contributed by atoms with Gasteiger partial charge in [-0.25, -0.2) is 18.8 Å². The molecule has 0 saturated carbocycles. The second-order valence-electron chi connectivity index (χ2n) is 6.41. The van der Waals surface area contributed by atoms with Crippen LogP contribution in [0.3, 0.4) is 0 Å². The van der Waals surface area contributed by atoms with E-state index in [1.165, 1.54) is 30.5 Å². The Morgan fingerprint density at radius 1 is 1.39 bits per heavy atom. The van der Waals surface area contributed by atoms with Crippen molar-refractivity contribution in [3.8, 4) is 0 Å². The third-order valence-corrected chi connectivity index (χ3v) is 4.39. The number of anilines is 1. The molecule has 0 unspecified atom stereocenters. The quantitative estimate of drug-likeness (QED) is 0.807. The van der Waals surface area contributed by atoms with Gasteiger partial charge in [-0.2, -0.15) is 0 Å². The Morgan fingerprint density at radius 2 is 2.14 bits per heavy atom. The number of nitrogens with zero attached hydrogens (tertiary/aromatic N) is 2. The molecule has 3 rings (SSSR count). The van der Waals surface area contributed by atoms with E-state index in [0.717, 1.165) is 0 Å². The molecule has 2 heterocycles. The second-order valence-corrected chi connectivity index (χ2v) is 6.85. The number of halogens is 3. The van der Waals surface area contributed by atoms with Crippen LogP contribution in [-0.2, 0) is 10.3 Å². The molecule has 0 aliphatic carbocycles. The Labute approximate surface area is 165 Å². The Morgan fingerprint density at radius 3 is 2.82 bits per heavy atom. The van der Waals surface area contributed by atoms with Crippen LogP contribution in [0.4, 0.5) is 14.5 Å². The highest BCUT2D eigenvalue weighted by Crippen LogP contribution is 2.35. The minimum absolute atomic E-state index is 0.0650. The highest BCUT2D eigenvalue weighted by atomic mass is 35.5. The number of amides is 1. The van der Waals surface area contributed by atoms with Gasteiger partial charge in [0, 0.05) is 17.4 Å². The van der Waals surface area contributed by atoms with Crippen LogP contribution < -0.4 is 11.1 Å². The molecule has 6 nitrogen and oxygen atoms in total. The van der Waals surface area contributed by atoms with E-state index in [2.05, 4.69) is 15.3 Å². The summed E-state index contributed by atoms with van der Waals surface area (Å²) < 4.78 is 32.5. The first-order chi connectivity index (χ1) is 13.2. The number of pyridine rings is 1. The lowest BCUT2D eigenvalue weighted by molar-refractivity contribution is 0.102. The number of carbonyl (C=O) groups excluding carboxylic acids is 1. The molecular formula is C19H17ClF2N4O2. The fourth-order valence-electron chi connectivity index (χ4n) is 2.92. The standard InChI is InChI=1S/C19H17ClF2N4O2/c1-10-5-11(20)9-24-16(10)17(27)25-12-3-4-15(22)14(6-12)19(2)7-13(8-21)28-18(23)26-19/h3-7,9H,8H2,1-2H3,(H2,23,26)(H,25,27)/t19-/m0/s1. The summed E-state index contributed by atoms with van der Waals surface area (Å²) in [6, 6.07) is 5.34. The summed E-state index contributed by atoms with van der Waals surface area (Å²) in [7, 11) is 0. The molecule has 28 heavy (non-hydrogen) atoms. The van der Waals surface area contributed by atoms with Gasteiger partial charge in [-0.15, -0.1) is 0 Å². The van der Waals surface area contributed by atoms with Crippen molar-refractivity contribution in [3.63, 3.8) is 0 Å². The first-order valence-corrected chi connectivity index (χ1v) is 8.64. The van der Waals surface area contributed by atoms with Crippen LogP contribution in [0.1, 0.15) is 28.5 Å². The molecule has 1 amide bonds. The van der Waals surface area contributed by atoms with Crippen LogP contribution >= 0.6 is 11.6 Å². The van der Waals surface area contributed by atoms with E-state index in [0.29, 0.717) is 16.3 Å². The molecular weight excluding hydrogens is 390 g/mol. The van der Waals surface area contributed by atoms with Crippen LogP contribution in [-0.4, -0.2) is 23.6 Å². The predicted molar refractivity (Wildman–Crippen MR) is 102 cm³/mol. The molecule has 1 aromatic carbocycles. The number of ether oxygens (including phenoxy) is 1. The number of nitrogens with two attached hydrogens (primary N) is 1. The lowest BCUT2D eigenvalue weighted by atomic mass is 9.90. The Kier molecular flexibility index (Phi) is 5.33. The van der Waals surface area contributed by atoms with E-state index in [-0.39, 0.29) is 23.0 Å². The molecule has 1 aromatic heterocycles. The van der Waals surface area contributed by atoms with Crippen molar-refractivity contribution in [1.82, 2.24) is 4.98 Å². The summed E-state index contributed by atoms with van der Waals surface area (Å²) >= 11 is 5.86. The third kappa shape index (κ3) is 3.96. The fraction of sp³-hybridized carbons (Fsp3) is 0.211. The monoisotopic (exact) mass is 406 g/mol. The number of alkyl halides is 1. The second kappa shape index (κ2) is 7.55. The Hall–Kier alpha value is -3.00. The number of rotatable bonds is 4. The topological polar surface area (TPSA) is 89.6 Å². The third-order valence-electron chi connectivity index (χ3n) is 4.18. The first-order valence-electron chi connectivity index (χ1n) is 8.26. The van der Waals surface area contributed by atoms with Crippen molar-refractivity contribution < 1.29 is 18.3 Å². The average Bonchev–Trinajstić information content (AvgIpc) is 2.62. The van der Waals surface area contributed by atoms with E-state index in [4.69, 9.17) is 22.1 Å². The maximum atomic E-state index is 14.5. The average molecular weight is 407 g/mol. The van der Waals surface area contributed by atoms with E-state index in [1.54, 1.807) is 19.9 Å². The Balaban J connectivity index is 1.95. The van der Waals surface area contributed by atoms with E-state index in [1.807, 2.05) is 0 Å². The zero-order valence-electron chi connectivity index (χ0n) is 15.1. The number of allylic oxidation sites excluding steroid dienone is 1. The molecule has 0 radical (unpaired) electrons. The van der Waals surface area contributed by atoms with E-state index in [9.17, 15) is 13.6 Å². The van der Waals surface area contributed by atoms with Gasteiger partial charge in [0.2, 0.25) is 0 Å². The molecule has 1 aliphatic rings. The van der Waals surface area contributed by atoms with Crippen molar-refractivity contribution in [3.05, 3.63) is 70.0 Å². The van der Waals surface area contributed by atoms with Gasteiger partial charge in [-0.3, -0.25) is 4.79 Å². The number of nitrogens with one attached hydrogen (secondary N) is 1. The smallest absolute Gasteiger partial charge is 0.288 e. The summed E-state index contributed by atoms with van der Waals surface area (Å²) in [5.41, 5.74) is 5.51. The number of aryl methyl sites for hydroxylation is 1. The van der Waals surface area contributed by atoms with Gasteiger partial charge in [-0.1, -0.05) is 11.6 Å². The molecule has 0 saturated heterocycles. The SMILES string of the molecule is Cc1cc(Cl)cnc1C(=O)Nc1ccc(F)c([C@]2(C)C=C(CF)OC(N)=N2)c1. The van der Waals surface area contributed by atoms with Gasteiger partial charge < -0.3 is 15.8 Å². The van der Waals surface area contributed by atoms with E-state index < -0.39 is 23.9 Å². The fourth-order valence-corrected chi connectivity index (χ4v) is 3.14. The lowest BCUT2D eigenvalue weighted by Crippen LogP contribution is -2.31. The largest absolute Gasteiger partial charge is 0.428 e. The van der Waals surface area contributed by atoms with Crippen LogP contribution in [0.25, 0.3) is 0 Å². The summed E-state index contributed by atoms with van der Waals surface area (Å²) in [4.78, 5) is 20.6. The van der Waals surface area contributed by atoms with Crippen LogP contribution in [0.15, 0.2) is 47.3 Å². The molecule has 146 valence electrons. The molecule has 1 atom stereocenters. The maximum Gasteiger partial charge on any atom is 0.288 e. The molecule has 1 aliphatic heterocycles. The molecule has 0 fully saturated rings. The minimum atomic E-state index is -1.29. The van der Waals surface area contributed by atoms with Crippen LogP contribution in [0.2, 0.25) is 5.02 Å². The number of hydrogen-bond acceptors (Lipinski definition) is 5. The van der Waals surface area contributed by atoms with Crippen molar-refractivity contribution in [2.45, 2.75) is 19.4 Å². The number of benzene rings is 1. The molecule has 9 heteroatoms. The number of carbonyl (C=O) groups is 1. The minimum Gasteiger partial charge on any atom is -0.428 e. The summed E-state index contributed by atoms with van der Waals surface area (Å²) in [5.74, 6) is -1.13. The highest BCUT2D eigenvalue weighted by Gasteiger charge is 2.32. The molecule has 3 N–H and O–H groups in total. The van der Waals surface area contributed by atoms with Crippen molar-refractivity contribution >= 4 is 29.2 Å². The number of amidine groups is 1. The zero-order chi connectivity index (χ0) is 20.5. The normalized spacial score (nSPS) is 18.8. The highest BCUT2D eigenvalue weighted by molar-refractivity contribution is 6.30. The van der Waals surface area contributed by atoms with Crippen molar-refractivity contribution in [2.75, 3.05) is 12.0 Å². The predicted octanol–water partition coefficient (Wildman–Crippen LogP) is 3.85. The van der Waals surface area contributed by atoms with Gasteiger partial charge in [0.05, 0.1) is 5.02 Å². The van der Waals surface area contributed by atoms with Gasteiger partial charge in [-0.05, 0) is 49.8 Å². The maximum absolute atomic E-state index is 14.5. The van der Waals surface area contributed by atoms with Gasteiger partial charge in [0.15, 0.2) is 0 Å². The van der Waals surface area contributed by atoms with Crippen LogP contribution in [0, 0.1) is 12.7 Å². The number of hydrogen-bond donors (Lipinski definition) is 2. The molecule has 0 spiro atoms. The molecule has 0 bridgehead atoms. The lowest BCUT2D eigenvalue weighted by Gasteiger charge is -2.28. The van der Waals surface area contributed by atoms with Crippen LogP contribution in [0.5, 0.6) is 0 Å². The molecule has 2 aromatic rings. The Bertz CT molecular complexity index is 1010. The zero-order valence-corrected chi connectivity index (χ0v) is 15.8. The van der Waals surface area contributed by atoms with Crippen molar-refractivity contribution in [2.24, 2.45) is 10.7 Å². The van der Waals surface area contributed by atoms with Gasteiger partial charge >= 0.3 is 0 Å². The number of aromatic nitrogens is 1. The summed E-state index contributed by atoms with van der Waals surface area (Å²) in [6.07, 6.45) is 2.71. The van der Waals surface area contributed by atoms with Gasteiger partial charge in [0.25, 0.3) is 11.9 Å². The summed E-state index contributed by atoms with van der Waals surface area (Å²) in [5, 5.41) is 3.08. The van der Waals surface area contributed by atoms with Gasteiger partial charge in [0.1, 0.15) is 29.5 Å². The van der Waals surface area contributed by atoms with Crippen molar-refractivity contribution in [1.29, 1.82) is 0 Å². The summed E-state index contributed by atoms with van der Waals surface area (Å²) in [6.45, 7) is 2.35. The number of aliphatic imine (C=N–C) groups is 1. The first kappa shape index (κ1) is 19.8. The van der Waals surface area contributed by atoms with E-state index >= 15 is 0 Å².